The molecule has 33 heavy (non-hydrogen) atoms. The number of aromatic nitrogens is 1. The lowest BCUT2D eigenvalue weighted by Gasteiger charge is -2.35. The molecule has 3 aromatic rings. The van der Waals surface area contributed by atoms with Crippen molar-refractivity contribution in [3.05, 3.63) is 75.9 Å². The molecule has 7 heteroatoms. The molecule has 2 aromatic carbocycles. The first-order valence-corrected chi connectivity index (χ1v) is 12.0. The molecule has 0 spiro atoms. The van der Waals surface area contributed by atoms with Gasteiger partial charge in [-0.3, -0.25) is 9.69 Å². The fourth-order valence-corrected chi connectivity index (χ4v) is 5.02. The molecule has 1 fully saturated rings. The Balaban J connectivity index is 1.30. The summed E-state index contributed by atoms with van der Waals surface area (Å²) < 4.78 is 11.0. The van der Waals surface area contributed by atoms with Crippen molar-refractivity contribution in [2.75, 3.05) is 32.8 Å². The zero-order valence-electron chi connectivity index (χ0n) is 18.6. The van der Waals surface area contributed by atoms with Gasteiger partial charge in [0.1, 0.15) is 0 Å². The molecule has 1 N–H and O–H groups in total. The van der Waals surface area contributed by atoms with Gasteiger partial charge in [-0.2, -0.15) is 0 Å². The third-order valence-electron chi connectivity index (χ3n) is 6.58. The van der Waals surface area contributed by atoms with Crippen molar-refractivity contribution in [1.29, 1.82) is 0 Å². The van der Waals surface area contributed by atoms with E-state index in [1.54, 1.807) is 6.07 Å². The van der Waals surface area contributed by atoms with Gasteiger partial charge in [-0.05, 0) is 54.5 Å². The molecule has 0 radical (unpaired) electrons. The number of carbonyl (C=O) groups excluding carboxylic acids is 1. The maximum Gasteiger partial charge on any atom is 0.273 e. The van der Waals surface area contributed by atoms with E-state index in [0.29, 0.717) is 30.5 Å². The summed E-state index contributed by atoms with van der Waals surface area (Å²) in [7, 11) is 0. The van der Waals surface area contributed by atoms with Gasteiger partial charge in [-0.1, -0.05) is 47.1 Å². The maximum atomic E-state index is 12.9. The van der Waals surface area contributed by atoms with Gasteiger partial charge in [-0.25, -0.2) is 0 Å². The average Bonchev–Trinajstić information content (AvgIpc) is 3.36. The van der Waals surface area contributed by atoms with E-state index in [-0.39, 0.29) is 17.6 Å². The molecule has 1 amide bonds. The van der Waals surface area contributed by atoms with Crippen LogP contribution in [0.4, 0.5) is 0 Å². The van der Waals surface area contributed by atoms with Gasteiger partial charge in [0.15, 0.2) is 11.5 Å². The lowest BCUT2D eigenvalue weighted by molar-refractivity contribution is 0.0162. The van der Waals surface area contributed by atoms with Crippen LogP contribution in [0, 0.1) is 0 Å². The van der Waals surface area contributed by atoms with Crippen molar-refractivity contribution in [1.82, 2.24) is 15.4 Å². The lowest BCUT2D eigenvalue weighted by Crippen LogP contribution is -2.44. The van der Waals surface area contributed by atoms with E-state index in [9.17, 15) is 4.79 Å². The smallest absolute Gasteiger partial charge is 0.273 e. The van der Waals surface area contributed by atoms with Gasteiger partial charge in [0, 0.05) is 36.3 Å². The van der Waals surface area contributed by atoms with Gasteiger partial charge >= 0.3 is 0 Å². The molecule has 0 bridgehead atoms. The van der Waals surface area contributed by atoms with Crippen molar-refractivity contribution in [2.45, 2.75) is 31.7 Å². The number of hydrogen-bond acceptors (Lipinski definition) is 5. The van der Waals surface area contributed by atoms with Crippen LogP contribution in [-0.2, 0) is 17.6 Å². The fraction of sp³-hybridized carbons (Fsp3) is 0.385. The van der Waals surface area contributed by atoms with Gasteiger partial charge in [0.05, 0.1) is 19.3 Å². The Kier molecular flexibility index (Phi) is 6.76. The van der Waals surface area contributed by atoms with Crippen LogP contribution in [-0.4, -0.2) is 48.8 Å². The Morgan fingerprint density at radius 3 is 2.67 bits per heavy atom. The van der Waals surface area contributed by atoms with Crippen molar-refractivity contribution < 1.29 is 14.1 Å². The van der Waals surface area contributed by atoms with E-state index in [4.69, 9.17) is 20.9 Å². The summed E-state index contributed by atoms with van der Waals surface area (Å²) in [5.41, 5.74) is 5.02. The number of morpholine rings is 1. The highest BCUT2D eigenvalue weighted by molar-refractivity contribution is 6.31. The Morgan fingerprint density at radius 1 is 1.06 bits per heavy atom. The number of carbonyl (C=O) groups is 1. The van der Waals surface area contributed by atoms with Crippen LogP contribution in [0.1, 0.15) is 46.1 Å². The molecule has 1 aromatic heterocycles. The van der Waals surface area contributed by atoms with Crippen LogP contribution in [0.2, 0.25) is 5.02 Å². The van der Waals surface area contributed by atoms with Gasteiger partial charge in [-0.15, -0.1) is 0 Å². The van der Waals surface area contributed by atoms with E-state index >= 15 is 0 Å². The second-order valence-electron chi connectivity index (χ2n) is 8.66. The first kappa shape index (κ1) is 22.1. The number of rotatable bonds is 6. The third-order valence-corrected chi connectivity index (χ3v) is 6.93. The van der Waals surface area contributed by atoms with Crippen molar-refractivity contribution >= 4 is 17.5 Å². The Morgan fingerprint density at radius 2 is 1.85 bits per heavy atom. The average molecular weight is 466 g/mol. The summed E-state index contributed by atoms with van der Waals surface area (Å²) >= 11 is 6.49. The molecule has 2 aliphatic rings. The summed E-state index contributed by atoms with van der Waals surface area (Å²) in [5, 5.41) is 7.77. The normalized spacial score (nSPS) is 17.4. The van der Waals surface area contributed by atoms with Crippen LogP contribution in [0.5, 0.6) is 0 Å². The number of halogens is 1. The predicted octanol–water partition coefficient (Wildman–Crippen LogP) is 4.68. The number of fused-ring (bicyclic) bond motifs is 1. The molecular weight excluding hydrogens is 438 g/mol. The zero-order chi connectivity index (χ0) is 22.6. The number of aryl methyl sites for hydroxylation is 2. The monoisotopic (exact) mass is 465 g/mol. The zero-order valence-corrected chi connectivity index (χ0v) is 19.3. The minimum Gasteiger partial charge on any atom is -0.379 e. The number of ether oxygens (including phenoxy) is 1. The Hall–Kier alpha value is -2.67. The number of hydrogen-bond donors (Lipinski definition) is 1. The molecule has 0 saturated carbocycles. The molecule has 2 heterocycles. The van der Waals surface area contributed by atoms with Crippen molar-refractivity contribution in [2.24, 2.45) is 0 Å². The summed E-state index contributed by atoms with van der Waals surface area (Å²) in [6.07, 6.45) is 4.69. The highest BCUT2D eigenvalue weighted by Gasteiger charge is 2.25. The molecule has 1 atom stereocenters. The summed E-state index contributed by atoms with van der Waals surface area (Å²) in [4.78, 5) is 15.2. The molecule has 172 valence electrons. The Bertz CT molecular complexity index is 1120. The van der Waals surface area contributed by atoms with Gasteiger partial charge in [0.25, 0.3) is 5.91 Å². The largest absolute Gasteiger partial charge is 0.379 e. The predicted molar refractivity (Wildman–Crippen MR) is 127 cm³/mol. The molecule has 5 rings (SSSR count). The fourth-order valence-electron chi connectivity index (χ4n) is 4.76. The molecule has 1 aliphatic carbocycles. The lowest BCUT2D eigenvalue weighted by atomic mass is 9.90. The SMILES string of the molecule is O=C(NCC(c1ccccc1Cl)N1CCOCC1)c1cc(-c2ccc3c(c2)CCCC3)on1. The first-order valence-electron chi connectivity index (χ1n) is 11.6. The Labute approximate surface area is 198 Å². The molecular formula is C26H28ClN3O3. The van der Waals surface area contributed by atoms with E-state index in [1.165, 1.54) is 24.0 Å². The standard InChI is InChI=1S/C26H28ClN3O3/c27-22-8-4-3-7-21(22)24(30-11-13-32-14-12-30)17-28-26(31)23-16-25(33-29-23)20-10-9-18-5-1-2-6-19(18)15-20/h3-4,7-10,15-16,24H,1-2,5-6,11-14,17H2,(H,28,31). The minimum absolute atomic E-state index is 0.0430. The second kappa shape index (κ2) is 10.1. The second-order valence-corrected chi connectivity index (χ2v) is 9.07. The summed E-state index contributed by atoms with van der Waals surface area (Å²) in [6, 6.07) is 15.9. The number of nitrogens with zero attached hydrogens (tertiary/aromatic N) is 2. The van der Waals surface area contributed by atoms with E-state index in [1.807, 2.05) is 24.3 Å². The summed E-state index contributed by atoms with van der Waals surface area (Å²) in [6.45, 7) is 3.34. The molecule has 1 aliphatic heterocycles. The third kappa shape index (κ3) is 4.98. The number of nitrogens with one attached hydrogen (secondary N) is 1. The topological polar surface area (TPSA) is 67.6 Å². The molecule has 1 saturated heterocycles. The van der Waals surface area contributed by atoms with Gasteiger partial charge < -0.3 is 14.6 Å². The van der Waals surface area contributed by atoms with E-state index < -0.39 is 0 Å². The highest BCUT2D eigenvalue weighted by Crippen LogP contribution is 2.29. The van der Waals surface area contributed by atoms with Crippen LogP contribution in [0.15, 0.2) is 53.1 Å². The highest BCUT2D eigenvalue weighted by atomic mass is 35.5. The molecule has 1 unspecified atom stereocenters. The van der Waals surface area contributed by atoms with Crippen LogP contribution < -0.4 is 5.32 Å². The van der Waals surface area contributed by atoms with Crippen LogP contribution in [0.3, 0.4) is 0 Å². The summed E-state index contributed by atoms with van der Waals surface area (Å²) in [5.74, 6) is 0.359. The van der Waals surface area contributed by atoms with E-state index in [2.05, 4.69) is 33.6 Å². The van der Waals surface area contributed by atoms with Crippen LogP contribution in [0.25, 0.3) is 11.3 Å². The number of benzene rings is 2. The maximum absolute atomic E-state index is 12.9. The quantitative estimate of drug-likeness (QED) is 0.572. The minimum atomic E-state index is -0.256. The first-order chi connectivity index (χ1) is 16.2. The van der Waals surface area contributed by atoms with E-state index in [0.717, 1.165) is 37.1 Å². The number of amides is 1. The van der Waals surface area contributed by atoms with Crippen molar-refractivity contribution in [3.63, 3.8) is 0 Å². The van der Waals surface area contributed by atoms with Crippen LogP contribution >= 0.6 is 11.6 Å². The molecule has 6 nitrogen and oxygen atoms in total. The van der Waals surface area contributed by atoms with Gasteiger partial charge in [0.2, 0.25) is 0 Å². The van der Waals surface area contributed by atoms with Crippen molar-refractivity contribution in [3.8, 4) is 11.3 Å².